The van der Waals surface area contributed by atoms with Crippen molar-refractivity contribution >= 4 is 0 Å². The molecule has 0 aliphatic heterocycles. The molecule has 0 unspecified atom stereocenters. The average molecular weight is 345 g/mol. The number of rotatable bonds is 15. The third-order valence-electron chi connectivity index (χ3n) is 5.51. The molecule has 25 heavy (non-hydrogen) atoms. The lowest BCUT2D eigenvalue weighted by atomic mass is 9.88. The summed E-state index contributed by atoms with van der Waals surface area (Å²) in [5, 5.41) is 0. The molecule has 0 aliphatic rings. The van der Waals surface area contributed by atoms with Gasteiger partial charge in [-0.15, -0.1) is 0 Å². The van der Waals surface area contributed by atoms with Crippen LogP contribution in [0.5, 0.6) is 0 Å². The van der Waals surface area contributed by atoms with Gasteiger partial charge in [-0.05, 0) is 48.3 Å². The van der Waals surface area contributed by atoms with Crippen molar-refractivity contribution in [3.8, 4) is 0 Å². The van der Waals surface area contributed by atoms with E-state index in [1.54, 1.807) is 16.7 Å². The van der Waals surface area contributed by atoms with E-state index in [9.17, 15) is 0 Å². The molecule has 0 heterocycles. The highest BCUT2D eigenvalue weighted by Gasteiger charge is 2.11. The minimum atomic E-state index is 0.652. The van der Waals surface area contributed by atoms with Crippen molar-refractivity contribution in [1.82, 2.24) is 0 Å². The number of hydrogen-bond acceptors (Lipinski definition) is 0. The normalized spacial score (nSPS) is 11.4. The van der Waals surface area contributed by atoms with Gasteiger partial charge in [0.15, 0.2) is 0 Å². The van der Waals surface area contributed by atoms with Gasteiger partial charge in [0.05, 0.1) is 0 Å². The molecule has 0 aromatic heterocycles. The van der Waals surface area contributed by atoms with E-state index in [1.807, 2.05) is 0 Å². The predicted molar refractivity (Wildman–Crippen MR) is 115 cm³/mol. The summed E-state index contributed by atoms with van der Waals surface area (Å²) in [6, 6.07) is 7.08. The molecular weight excluding hydrogens is 300 g/mol. The van der Waals surface area contributed by atoms with Gasteiger partial charge in [0.2, 0.25) is 0 Å². The Bertz CT molecular complexity index is 430. The van der Waals surface area contributed by atoms with Crippen LogP contribution in [0.25, 0.3) is 0 Å². The molecule has 0 saturated carbocycles. The topological polar surface area (TPSA) is 0 Å². The second-order valence-electron chi connectivity index (χ2n) is 8.18. The van der Waals surface area contributed by atoms with Gasteiger partial charge in [0, 0.05) is 0 Å². The fourth-order valence-electron chi connectivity index (χ4n) is 3.91. The zero-order chi connectivity index (χ0) is 18.3. The van der Waals surface area contributed by atoms with Crippen molar-refractivity contribution < 1.29 is 0 Å². The summed E-state index contributed by atoms with van der Waals surface area (Å²) in [5.74, 6) is 0.652. The summed E-state index contributed by atoms with van der Waals surface area (Å²) in [4.78, 5) is 0. The minimum absolute atomic E-state index is 0.652. The van der Waals surface area contributed by atoms with Crippen molar-refractivity contribution in [2.75, 3.05) is 0 Å². The zero-order valence-corrected chi connectivity index (χ0v) is 17.7. The van der Waals surface area contributed by atoms with Crippen LogP contribution >= 0.6 is 0 Å². The van der Waals surface area contributed by atoms with E-state index in [0.717, 1.165) is 0 Å². The Labute approximate surface area is 158 Å². The minimum Gasteiger partial charge on any atom is -0.0654 e. The lowest BCUT2D eigenvalue weighted by Crippen LogP contribution is -2.03. The van der Waals surface area contributed by atoms with E-state index < -0.39 is 0 Å². The highest BCUT2D eigenvalue weighted by Crippen LogP contribution is 2.26. The van der Waals surface area contributed by atoms with Crippen LogP contribution in [0.2, 0.25) is 0 Å². The zero-order valence-electron chi connectivity index (χ0n) is 17.7. The summed E-state index contributed by atoms with van der Waals surface area (Å²) >= 11 is 0. The van der Waals surface area contributed by atoms with E-state index in [1.165, 1.54) is 89.9 Å². The second-order valence-corrected chi connectivity index (χ2v) is 8.18. The quantitative estimate of drug-likeness (QED) is 0.279. The molecule has 0 aliphatic carbocycles. The number of unbranched alkanes of at least 4 members (excludes halogenated alkanes) is 10. The van der Waals surface area contributed by atoms with Gasteiger partial charge in [-0.1, -0.05) is 110 Å². The highest BCUT2D eigenvalue weighted by atomic mass is 14.2. The summed E-state index contributed by atoms with van der Waals surface area (Å²) in [5.41, 5.74) is 4.95. The molecular formula is C25H44. The first-order valence-corrected chi connectivity index (χ1v) is 11.3. The smallest absolute Gasteiger partial charge is 0.0216 e. The van der Waals surface area contributed by atoms with E-state index in [-0.39, 0.29) is 0 Å². The molecule has 1 aromatic carbocycles. The number of benzene rings is 1. The van der Waals surface area contributed by atoms with E-state index >= 15 is 0 Å². The van der Waals surface area contributed by atoms with Crippen molar-refractivity contribution in [2.45, 2.75) is 124 Å². The molecule has 0 fully saturated rings. The van der Waals surface area contributed by atoms with Gasteiger partial charge in [0.25, 0.3) is 0 Å². The average Bonchev–Trinajstić information content (AvgIpc) is 2.61. The summed E-state index contributed by atoms with van der Waals surface area (Å²) in [6.07, 6.45) is 19.3. The molecule has 0 heteroatoms. The van der Waals surface area contributed by atoms with Crippen molar-refractivity contribution in [3.63, 3.8) is 0 Å². The lowest BCUT2D eigenvalue weighted by Gasteiger charge is -2.18. The van der Waals surface area contributed by atoms with Crippen LogP contribution < -0.4 is 0 Å². The number of aryl methyl sites for hydroxylation is 1. The Morgan fingerprint density at radius 3 is 1.72 bits per heavy atom. The maximum Gasteiger partial charge on any atom is -0.0216 e. The third-order valence-corrected chi connectivity index (χ3v) is 5.51. The van der Waals surface area contributed by atoms with Crippen molar-refractivity contribution in [1.29, 1.82) is 0 Å². The second kappa shape index (κ2) is 14.4. The molecule has 0 spiro atoms. The highest BCUT2D eigenvalue weighted by molar-refractivity contribution is 5.37. The van der Waals surface area contributed by atoms with Gasteiger partial charge in [-0.2, -0.15) is 0 Å². The molecule has 1 rings (SSSR count). The van der Waals surface area contributed by atoms with Gasteiger partial charge in [0.1, 0.15) is 0 Å². The summed E-state index contributed by atoms with van der Waals surface area (Å²) in [7, 11) is 0. The monoisotopic (exact) mass is 344 g/mol. The Hall–Kier alpha value is -0.780. The fraction of sp³-hybridized carbons (Fsp3) is 0.760. The molecule has 0 radical (unpaired) electrons. The molecule has 0 atom stereocenters. The van der Waals surface area contributed by atoms with Crippen LogP contribution in [-0.4, -0.2) is 0 Å². The van der Waals surface area contributed by atoms with Gasteiger partial charge in [-0.25, -0.2) is 0 Å². The van der Waals surface area contributed by atoms with Gasteiger partial charge in [-0.3, -0.25) is 0 Å². The fourth-order valence-corrected chi connectivity index (χ4v) is 3.91. The maximum atomic E-state index is 2.41. The molecule has 0 nitrogen and oxygen atoms in total. The molecule has 0 bridgehead atoms. The van der Waals surface area contributed by atoms with Crippen molar-refractivity contribution in [2.24, 2.45) is 0 Å². The first-order chi connectivity index (χ1) is 12.2. The molecule has 0 saturated heterocycles. The number of hydrogen-bond donors (Lipinski definition) is 0. The largest absolute Gasteiger partial charge is 0.0654 e. The molecule has 144 valence electrons. The van der Waals surface area contributed by atoms with Crippen LogP contribution in [0.4, 0.5) is 0 Å². The van der Waals surface area contributed by atoms with Crippen LogP contribution in [0, 0.1) is 0 Å². The molecule has 0 N–H and O–H groups in total. The predicted octanol–water partition coefficient (Wildman–Crippen LogP) is 8.62. The van der Waals surface area contributed by atoms with Crippen LogP contribution in [0.15, 0.2) is 18.2 Å². The van der Waals surface area contributed by atoms with E-state index in [0.29, 0.717) is 5.92 Å². The Morgan fingerprint density at radius 2 is 1.16 bits per heavy atom. The summed E-state index contributed by atoms with van der Waals surface area (Å²) < 4.78 is 0. The summed E-state index contributed by atoms with van der Waals surface area (Å²) in [6.45, 7) is 9.31. The molecule has 1 aromatic rings. The standard InChI is InChI=1S/C25H44/c1-5-7-9-11-13-15-18-23-19-17-21-24(22(3)4)25(23)20-16-14-12-10-8-6-2/h17,19,21-22H,5-16,18,20H2,1-4H3. The first kappa shape index (κ1) is 22.3. The van der Waals surface area contributed by atoms with E-state index in [2.05, 4.69) is 45.9 Å². The molecule has 0 amide bonds. The van der Waals surface area contributed by atoms with Crippen LogP contribution in [0.1, 0.15) is 127 Å². The Morgan fingerprint density at radius 1 is 0.640 bits per heavy atom. The van der Waals surface area contributed by atoms with Crippen LogP contribution in [-0.2, 0) is 12.8 Å². The maximum absolute atomic E-state index is 2.41. The first-order valence-electron chi connectivity index (χ1n) is 11.3. The lowest BCUT2D eigenvalue weighted by molar-refractivity contribution is 0.597. The van der Waals surface area contributed by atoms with Crippen LogP contribution in [0.3, 0.4) is 0 Å². The Balaban J connectivity index is 2.53. The van der Waals surface area contributed by atoms with Crippen molar-refractivity contribution in [3.05, 3.63) is 34.9 Å². The van der Waals surface area contributed by atoms with Gasteiger partial charge >= 0.3 is 0 Å². The van der Waals surface area contributed by atoms with E-state index in [4.69, 9.17) is 0 Å². The Kier molecular flexibility index (Phi) is 12.8. The SMILES string of the molecule is CCCCCCCCc1cccc(C(C)C)c1CCCCCCCC. The van der Waals surface area contributed by atoms with Gasteiger partial charge < -0.3 is 0 Å². The third kappa shape index (κ3) is 9.47.